The van der Waals surface area contributed by atoms with E-state index in [9.17, 15) is 9.59 Å². The van der Waals surface area contributed by atoms with Crippen LogP contribution in [0.2, 0.25) is 0 Å². The number of aryl methyl sites for hydroxylation is 2. The number of carbonyl (C=O) groups excluding carboxylic acids is 2. The molecular formula is C20H25N5O3. The molecule has 2 aliphatic heterocycles. The normalized spacial score (nSPS) is 22.7. The minimum atomic E-state index is -0.0937. The van der Waals surface area contributed by atoms with Crippen LogP contribution < -0.4 is 0 Å². The van der Waals surface area contributed by atoms with E-state index in [0.717, 1.165) is 30.7 Å². The Bertz CT molecular complexity index is 878. The van der Waals surface area contributed by atoms with Gasteiger partial charge in [-0.15, -0.1) is 0 Å². The number of likely N-dealkylation sites (tertiary alicyclic amines) is 2. The molecule has 0 aromatic carbocycles. The summed E-state index contributed by atoms with van der Waals surface area (Å²) in [5.74, 6) is 0.677. The van der Waals surface area contributed by atoms with Gasteiger partial charge < -0.3 is 14.3 Å². The lowest BCUT2D eigenvalue weighted by molar-refractivity contribution is -0.139. The van der Waals surface area contributed by atoms with Crippen molar-refractivity contribution in [1.29, 1.82) is 0 Å². The van der Waals surface area contributed by atoms with E-state index in [0.29, 0.717) is 44.1 Å². The molecule has 0 N–H and O–H groups in total. The highest BCUT2D eigenvalue weighted by molar-refractivity contribution is 5.92. The molecule has 2 aromatic heterocycles. The standard InChI is InChI=1S/C20H25N5O3/c1-14-9-22-16(10-21-14)11-25-13-20(6-4-18(25)26)5-3-7-24(12-20)19(27)17-8-15(2)28-23-17/h8-10H,3-7,11-13H2,1-2H3/t20-/m0/s1. The van der Waals surface area contributed by atoms with E-state index in [4.69, 9.17) is 4.52 Å². The molecule has 148 valence electrons. The molecule has 0 aliphatic carbocycles. The monoisotopic (exact) mass is 383 g/mol. The van der Waals surface area contributed by atoms with Crippen molar-refractivity contribution in [3.05, 3.63) is 41.3 Å². The van der Waals surface area contributed by atoms with E-state index in [1.54, 1.807) is 25.4 Å². The third-order valence-corrected chi connectivity index (χ3v) is 5.73. The summed E-state index contributed by atoms with van der Waals surface area (Å²) >= 11 is 0. The number of hydrogen-bond donors (Lipinski definition) is 0. The van der Waals surface area contributed by atoms with Crippen molar-refractivity contribution in [3.8, 4) is 0 Å². The van der Waals surface area contributed by atoms with Crippen molar-refractivity contribution in [2.45, 2.75) is 46.1 Å². The number of rotatable bonds is 3. The average Bonchev–Trinajstić information content (AvgIpc) is 3.13. The molecule has 0 saturated carbocycles. The third-order valence-electron chi connectivity index (χ3n) is 5.73. The molecule has 8 heteroatoms. The minimum absolute atomic E-state index is 0.0707. The molecule has 8 nitrogen and oxygen atoms in total. The molecule has 0 radical (unpaired) electrons. The molecule has 0 unspecified atom stereocenters. The van der Waals surface area contributed by atoms with E-state index in [1.807, 2.05) is 16.7 Å². The van der Waals surface area contributed by atoms with E-state index in [2.05, 4.69) is 15.1 Å². The number of piperidine rings is 2. The highest BCUT2D eigenvalue weighted by Crippen LogP contribution is 2.39. The first-order valence-electron chi connectivity index (χ1n) is 9.72. The Balaban J connectivity index is 1.47. The van der Waals surface area contributed by atoms with Crippen LogP contribution in [0.3, 0.4) is 0 Å². The van der Waals surface area contributed by atoms with Gasteiger partial charge in [0.15, 0.2) is 5.69 Å². The molecule has 2 saturated heterocycles. The van der Waals surface area contributed by atoms with Crippen LogP contribution in [0, 0.1) is 19.3 Å². The van der Waals surface area contributed by atoms with Crippen LogP contribution in [0.5, 0.6) is 0 Å². The molecule has 2 aliphatic rings. The second-order valence-electron chi connectivity index (χ2n) is 8.05. The Morgan fingerprint density at radius 1 is 1.21 bits per heavy atom. The van der Waals surface area contributed by atoms with Crippen molar-refractivity contribution in [1.82, 2.24) is 24.9 Å². The number of amides is 2. The Hall–Kier alpha value is -2.77. The van der Waals surface area contributed by atoms with Gasteiger partial charge in [0.1, 0.15) is 5.76 Å². The van der Waals surface area contributed by atoms with E-state index < -0.39 is 0 Å². The lowest BCUT2D eigenvalue weighted by atomic mass is 9.73. The first-order valence-corrected chi connectivity index (χ1v) is 9.72. The second kappa shape index (κ2) is 7.33. The van der Waals surface area contributed by atoms with Gasteiger partial charge >= 0.3 is 0 Å². The zero-order valence-electron chi connectivity index (χ0n) is 16.3. The smallest absolute Gasteiger partial charge is 0.276 e. The summed E-state index contributed by atoms with van der Waals surface area (Å²) < 4.78 is 5.06. The number of hydrogen-bond acceptors (Lipinski definition) is 6. The molecule has 2 aromatic rings. The predicted molar refractivity (Wildman–Crippen MR) is 100 cm³/mol. The summed E-state index contributed by atoms with van der Waals surface area (Å²) in [6.07, 6.45) is 6.70. The van der Waals surface area contributed by atoms with Gasteiger partial charge in [0.25, 0.3) is 5.91 Å². The first-order chi connectivity index (χ1) is 13.4. The van der Waals surface area contributed by atoms with E-state index in [1.165, 1.54) is 0 Å². The van der Waals surface area contributed by atoms with Crippen LogP contribution in [-0.4, -0.2) is 56.4 Å². The molecule has 1 atom stereocenters. The van der Waals surface area contributed by atoms with E-state index in [-0.39, 0.29) is 17.2 Å². The van der Waals surface area contributed by atoms with Crippen LogP contribution in [0.25, 0.3) is 0 Å². The van der Waals surface area contributed by atoms with Crippen molar-refractivity contribution < 1.29 is 14.1 Å². The van der Waals surface area contributed by atoms with Gasteiger partial charge in [-0.2, -0.15) is 0 Å². The fourth-order valence-electron chi connectivity index (χ4n) is 4.29. The largest absolute Gasteiger partial charge is 0.361 e. The minimum Gasteiger partial charge on any atom is -0.361 e. The zero-order valence-corrected chi connectivity index (χ0v) is 16.3. The highest BCUT2D eigenvalue weighted by atomic mass is 16.5. The Morgan fingerprint density at radius 3 is 2.79 bits per heavy atom. The van der Waals surface area contributed by atoms with E-state index >= 15 is 0 Å². The number of nitrogens with zero attached hydrogens (tertiary/aromatic N) is 5. The maximum absolute atomic E-state index is 12.8. The number of carbonyl (C=O) groups is 2. The summed E-state index contributed by atoms with van der Waals surface area (Å²) in [6, 6.07) is 1.68. The summed E-state index contributed by atoms with van der Waals surface area (Å²) in [5.41, 5.74) is 1.93. The molecular weight excluding hydrogens is 358 g/mol. The van der Waals surface area contributed by atoms with Gasteiger partial charge in [-0.05, 0) is 33.1 Å². The highest BCUT2D eigenvalue weighted by Gasteiger charge is 2.43. The maximum atomic E-state index is 12.8. The molecule has 2 amide bonds. The van der Waals surface area contributed by atoms with Crippen molar-refractivity contribution in [2.24, 2.45) is 5.41 Å². The molecule has 28 heavy (non-hydrogen) atoms. The van der Waals surface area contributed by atoms with Crippen LogP contribution >= 0.6 is 0 Å². The number of aromatic nitrogens is 3. The molecule has 2 fully saturated rings. The van der Waals surface area contributed by atoms with Gasteiger partial charge in [-0.1, -0.05) is 5.16 Å². The van der Waals surface area contributed by atoms with Gasteiger partial charge in [0, 0.05) is 43.7 Å². The Kier molecular flexibility index (Phi) is 4.87. The molecule has 0 bridgehead atoms. The Morgan fingerprint density at radius 2 is 2.07 bits per heavy atom. The van der Waals surface area contributed by atoms with Crippen LogP contribution in [0.4, 0.5) is 0 Å². The van der Waals surface area contributed by atoms with Crippen LogP contribution in [-0.2, 0) is 11.3 Å². The molecule has 4 heterocycles. The second-order valence-corrected chi connectivity index (χ2v) is 8.05. The molecule has 1 spiro atoms. The summed E-state index contributed by atoms with van der Waals surface area (Å²) in [4.78, 5) is 37.7. The Labute approximate surface area is 163 Å². The van der Waals surface area contributed by atoms with Gasteiger partial charge in [-0.25, -0.2) is 0 Å². The predicted octanol–water partition coefficient (Wildman–Crippen LogP) is 2.13. The lowest BCUT2D eigenvalue weighted by Crippen LogP contribution is -2.54. The first kappa shape index (κ1) is 18.6. The van der Waals surface area contributed by atoms with Gasteiger partial charge in [-0.3, -0.25) is 19.6 Å². The zero-order chi connectivity index (χ0) is 19.7. The third kappa shape index (κ3) is 3.76. The average molecular weight is 383 g/mol. The summed E-state index contributed by atoms with van der Waals surface area (Å²) in [7, 11) is 0. The van der Waals surface area contributed by atoms with Crippen molar-refractivity contribution in [2.75, 3.05) is 19.6 Å². The topological polar surface area (TPSA) is 92.4 Å². The summed E-state index contributed by atoms with van der Waals surface area (Å²) in [6.45, 7) is 6.13. The summed E-state index contributed by atoms with van der Waals surface area (Å²) in [5, 5.41) is 3.87. The quantitative estimate of drug-likeness (QED) is 0.806. The fourth-order valence-corrected chi connectivity index (χ4v) is 4.29. The fraction of sp³-hybridized carbons (Fsp3) is 0.550. The van der Waals surface area contributed by atoms with Crippen molar-refractivity contribution in [3.63, 3.8) is 0 Å². The molecule has 4 rings (SSSR count). The van der Waals surface area contributed by atoms with Crippen LogP contribution in [0.1, 0.15) is 53.3 Å². The van der Waals surface area contributed by atoms with Crippen LogP contribution in [0.15, 0.2) is 23.0 Å². The van der Waals surface area contributed by atoms with Crippen molar-refractivity contribution >= 4 is 11.8 Å². The lowest BCUT2D eigenvalue weighted by Gasteiger charge is -2.48. The SMILES string of the molecule is Cc1cnc(CN2C[C@@]3(CCCN(C(=O)c4cc(C)on4)C3)CCC2=O)cn1. The van der Waals surface area contributed by atoms with Gasteiger partial charge in [0.05, 0.1) is 24.1 Å². The van der Waals surface area contributed by atoms with Gasteiger partial charge in [0.2, 0.25) is 5.91 Å². The maximum Gasteiger partial charge on any atom is 0.276 e.